The van der Waals surface area contributed by atoms with E-state index in [1.165, 1.54) is 0 Å². The Labute approximate surface area is 99.5 Å². The lowest BCUT2D eigenvalue weighted by Gasteiger charge is -2.31. The van der Waals surface area contributed by atoms with Crippen molar-refractivity contribution in [2.24, 2.45) is 0 Å². The summed E-state index contributed by atoms with van der Waals surface area (Å²) in [5.41, 5.74) is 0.756. The van der Waals surface area contributed by atoms with Crippen LogP contribution in [0.25, 0.3) is 0 Å². The molecule has 1 aliphatic rings. The van der Waals surface area contributed by atoms with E-state index in [4.69, 9.17) is 4.74 Å². The molecule has 2 nitrogen and oxygen atoms in total. The zero-order valence-electron chi connectivity index (χ0n) is 7.41. The molecule has 2 rings (SSSR count). The third kappa shape index (κ3) is 1.54. The minimum atomic E-state index is -1.28. The minimum Gasteiger partial charge on any atom is -0.360 e. The molecule has 1 N–H and O–H groups in total. The first-order chi connectivity index (χ1) is 6.56. The molecule has 1 saturated heterocycles. The standard InChI is InChI=1S/C10H10Br2O2/c11-9(12)6-7-14-10(9,13)8-4-2-1-3-5-8/h1-5,13H,6-7H2/t10-/m0/s1. The second-order valence-electron chi connectivity index (χ2n) is 3.31. The molecule has 4 heteroatoms. The number of hydrogen-bond acceptors (Lipinski definition) is 2. The van der Waals surface area contributed by atoms with E-state index in [1.807, 2.05) is 30.3 Å². The molecule has 1 aliphatic heterocycles. The van der Waals surface area contributed by atoms with Gasteiger partial charge in [0, 0.05) is 12.0 Å². The van der Waals surface area contributed by atoms with Gasteiger partial charge in [-0.05, 0) is 0 Å². The summed E-state index contributed by atoms with van der Waals surface area (Å²) in [6.07, 6.45) is 0.721. The average Bonchev–Trinajstić information content (AvgIpc) is 2.44. The molecule has 0 aromatic heterocycles. The molecular weight excluding hydrogens is 312 g/mol. The molecular formula is C10H10Br2O2. The van der Waals surface area contributed by atoms with Gasteiger partial charge < -0.3 is 9.84 Å². The molecule has 0 bridgehead atoms. The van der Waals surface area contributed by atoms with Gasteiger partial charge in [0.25, 0.3) is 0 Å². The van der Waals surface area contributed by atoms with Gasteiger partial charge in [0.05, 0.1) is 6.61 Å². The molecule has 1 atom stereocenters. The van der Waals surface area contributed by atoms with Crippen molar-refractivity contribution < 1.29 is 9.84 Å². The van der Waals surface area contributed by atoms with Crippen LogP contribution in [0, 0.1) is 0 Å². The van der Waals surface area contributed by atoms with Gasteiger partial charge in [-0.3, -0.25) is 0 Å². The van der Waals surface area contributed by atoms with Crippen molar-refractivity contribution in [3.05, 3.63) is 35.9 Å². The summed E-state index contributed by atoms with van der Waals surface area (Å²) in [6, 6.07) is 9.37. The van der Waals surface area contributed by atoms with Crippen LogP contribution in [0.5, 0.6) is 0 Å². The predicted molar refractivity (Wildman–Crippen MR) is 61.5 cm³/mol. The summed E-state index contributed by atoms with van der Waals surface area (Å²) >= 11 is 6.89. The summed E-state index contributed by atoms with van der Waals surface area (Å²) in [5, 5.41) is 10.4. The second kappa shape index (κ2) is 3.59. The molecule has 1 aromatic rings. The van der Waals surface area contributed by atoms with Crippen LogP contribution in [0.1, 0.15) is 12.0 Å². The zero-order chi connectivity index (χ0) is 10.2. The minimum absolute atomic E-state index is 0.530. The van der Waals surface area contributed by atoms with Gasteiger partial charge in [-0.15, -0.1) is 0 Å². The van der Waals surface area contributed by atoms with Crippen LogP contribution in [0.3, 0.4) is 0 Å². The molecule has 0 aliphatic carbocycles. The highest BCUT2D eigenvalue weighted by Gasteiger charge is 2.54. The third-order valence-corrected chi connectivity index (χ3v) is 4.26. The second-order valence-corrected chi connectivity index (χ2v) is 7.08. The van der Waals surface area contributed by atoms with E-state index in [0.717, 1.165) is 12.0 Å². The van der Waals surface area contributed by atoms with Crippen LogP contribution in [0.15, 0.2) is 30.3 Å². The van der Waals surface area contributed by atoms with Crippen LogP contribution in [-0.2, 0) is 10.5 Å². The van der Waals surface area contributed by atoms with E-state index in [-0.39, 0.29) is 0 Å². The summed E-state index contributed by atoms with van der Waals surface area (Å²) in [6.45, 7) is 0.530. The maximum absolute atomic E-state index is 10.4. The first-order valence-electron chi connectivity index (χ1n) is 4.36. The van der Waals surface area contributed by atoms with Crippen molar-refractivity contribution in [3.8, 4) is 0 Å². The fraction of sp³-hybridized carbons (Fsp3) is 0.400. The Kier molecular flexibility index (Phi) is 2.72. The van der Waals surface area contributed by atoms with Crippen LogP contribution in [0.2, 0.25) is 0 Å². The van der Waals surface area contributed by atoms with Crippen LogP contribution in [0.4, 0.5) is 0 Å². The van der Waals surface area contributed by atoms with E-state index in [0.29, 0.717) is 6.61 Å². The average molecular weight is 322 g/mol. The zero-order valence-corrected chi connectivity index (χ0v) is 10.6. The molecule has 14 heavy (non-hydrogen) atoms. The molecule has 0 unspecified atom stereocenters. The fourth-order valence-electron chi connectivity index (χ4n) is 1.56. The Balaban J connectivity index is 2.42. The third-order valence-electron chi connectivity index (χ3n) is 2.39. The van der Waals surface area contributed by atoms with E-state index in [2.05, 4.69) is 31.9 Å². The first kappa shape index (κ1) is 10.6. The molecule has 0 amide bonds. The molecule has 1 fully saturated rings. The van der Waals surface area contributed by atoms with Gasteiger partial charge in [-0.2, -0.15) is 0 Å². The van der Waals surface area contributed by atoms with E-state index in [1.54, 1.807) is 0 Å². The largest absolute Gasteiger partial charge is 0.360 e. The van der Waals surface area contributed by atoms with E-state index in [9.17, 15) is 5.11 Å². The lowest BCUT2D eigenvalue weighted by Crippen LogP contribution is -2.39. The highest BCUT2D eigenvalue weighted by atomic mass is 79.9. The summed E-state index contributed by atoms with van der Waals surface area (Å²) < 4.78 is 4.81. The Hall–Kier alpha value is 0.1000. The summed E-state index contributed by atoms with van der Waals surface area (Å²) in [7, 11) is 0. The lowest BCUT2D eigenvalue weighted by atomic mass is 10.0. The molecule has 0 spiro atoms. The molecule has 0 saturated carbocycles. The maximum Gasteiger partial charge on any atom is 0.218 e. The lowest BCUT2D eigenvalue weighted by molar-refractivity contribution is -0.178. The van der Waals surface area contributed by atoms with Crippen LogP contribution >= 0.6 is 31.9 Å². The van der Waals surface area contributed by atoms with Crippen molar-refractivity contribution in [1.82, 2.24) is 0 Å². The van der Waals surface area contributed by atoms with Crippen molar-refractivity contribution in [2.75, 3.05) is 6.61 Å². The molecule has 1 heterocycles. The Bertz CT molecular complexity index is 326. The summed E-state index contributed by atoms with van der Waals surface area (Å²) in [5.74, 6) is -1.28. The van der Waals surface area contributed by atoms with Gasteiger partial charge in [0.2, 0.25) is 5.79 Å². The predicted octanol–water partition coefficient (Wildman–Crippen LogP) is 2.74. The highest BCUT2D eigenvalue weighted by Crippen LogP contribution is 2.51. The monoisotopic (exact) mass is 320 g/mol. The number of rotatable bonds is 1. The topological polar surface area (TPSA) is 29.5 Å². The van der Waals surface area contributed by atoms with Crippen LogP contribution in [-0.4, -0.2) is 14.9 Å². The number of ether oxygens (including phenoxy) is 1. The molecule has 0 radical (unpaired) electrons. The number of alkyl halides is 2. The number of benzene rings is 1. The normalized spacial score (nSPS) is 30.5. The van der Waals surface area contributed by atoms with E-state index >= 15 is 0 Å². The van der Waals surface area contributed by atoms with Crippen LogP contribution < -0.4 is 0 Å². The van der Waals surface area contributed by atoms with Crippen molar-refractivity contribution >= 4 is 31.9 Å². The molecule has 1 aromatic carbocycles. The number of hydrogen-bond donors (Lipinski definition) is 1. The van der Waals surface area contributed by atoms with Gasteiger partial charge in [0.1, 0.15) is 3.23 Å². The highest BCUT2D eigenvalue weighted by molar-refractivity contribution is 9.25. The smallest absolute Gasteiger partial charge is 0.218 e. The van der Waals surface area contributed by atoms with E-state index < -0.39 is 9.02 Å². The molecule has 76 valence electrons. The Morgan fingerprint density at radius 1 is 1.21 bits per heavy atom. The quantitative estimate of drug-likeness (QED) is 0.806. The number of halogens is 2. The number of aliphatic hydroxyl groups is 1. The Morgan fingerprint density at radius 2 is 1.86 bits per heavy atom. The summed E-state index contributed by atoms with van der Waals surface area (Å²) in [4.78, 5) is 0. The maximum atomic E-state index is 10.4. The van der Waals surface area contributed by atoms with Crippen molar-refractivity contribution in [3.63, 3.8) is 0 Å². The van der Waals surface area contributed by atoms with Gasteiger partial charge >= 0.3 is 0 Å². The van der Waals surface area contributed by atoms with Crippen molar-refractivity contribution in [2.45, 2.75) is 15.4 Å². The SMILES string of the molecule is O[C@@]1(c2ccccc2)OCCC1(Br)Br. The van der Waals surface area contributed by atoms with Gasteiger partial charge in [0.15, 0.2) is 0 Å². The van der Waals surface area contributed by atoms with Gasteiger partial charge in [-0.25, -0.2) is 0 Å². The fourth-order valence-corrected chi connectivity index (χ4v) is 2.57. The Morgan fingerprint density at radius 3 is 2.36 bits per heavy atom. The van der Waals surface area contributed by atoms with Gasteiger partial charge in [-0.1, -0.05) is 62.2 Å². The first-order valence-corrected chi connectivity index (χ1v) is 5.94. The van der Waals surface area contributed by atoms with Crippen molar-refractivity contribution in [1.29, 1.82) is 0 Å².